The number of ether oxygens (including phenoxy) is 2. The van der Waals surface area contributed by atoms with Crippen LogP contribution in [-0.4, -0.2) is 32.4 Å². The normalized spacial score (nSPS) is 14.4. The van der Waals surface area contributed by atoms with Crippen LogP contribution in [0.3, 0.4) is 0 Å². The molecule has 1 aliphatic heterocycles. The van der Waals surface area contributed by atoms with Gasteiger partial charge < -0.3 is 24.4 Å². The molecule has 1 fully saturated rings. The summed E-state index contributed by atoms with van der Waals surface area (Å²) in [6.45, 7) is 1.79. The van der Waals surface area contributed by atoms with Crippen LogP contribution in [-0.2, 0) is 0 Å². The Labute approximate surface area is 165 Å². The molecule has 1 N–H and O–H groups in total. The first-order valence-electron chi connectivity index (χ1n) is 9.30. The van der Waals surface area contributed by atoms with E-state index in [4.69, 9.17) is 9.47 Å². The molecule has 3 aromatic rings. The fraction of sp³-hybridized carbons (Fsp3) is 0.217. The van der Waals surface area contributed by atoms with E-state index in [1.54, 1.807) is 26.4 Å². The van der Waals surface area contributed by atoms with E-state index in [1.807, 2.05) is 36.4 Å². The third kappa shape index (κ3) is 3.43. The molecule has 0 unspecified atom stereocenters. The number of aromatic hydroxyl groups is 1. The highest BCUT2D eigenvalue weighted by atomic mass is 16.5. The van der Waals surface area contributed by atoms with Crippen molar-refractivity contribution in [3.05, 3.63) is 78.4 Å². The summed E-state index contributed by atoms with van der Waals surface area (Å²) in [7, 11) is 3.35. The van der Waals surface area contributed by atoms with Crippen molar-refractivity contribution in [2.75, 3.05) is 37.1 Å². The van der Waals surface area contributed by atoms with Crippen LogP contribution in [0, 0.1) is 0 Å². The molecule has 5 nitrogen and oxygen atoms in total. The monoisotopic (exact) mass is 376 g/mol. The SMILES string of the molecule is COc1ccc(N2CCN(c3ccc(OC)cc3)C2c2ccc(O)cc2)cc1. The average molecular weight is 376 g/mol. The van der Waals surface area contributed by atoms with Crippen LogP contribution in [0.25, 0.3) is 0 Å². The first kappa shape index (κ1) is 18.0. The predicted molar refractivity (Wildman–Crippen MR) is 112 cm³/mol. The van der Waals surface area contributed by atoms with Crippen molar-refractivity contribution in [1.29, 1.82) is 0 Å². The minimum absolute atomic E-state index is 0.0300. The first-order valence-corrected chi connectivity index (χ1v) is 9.30. The zero-order chi connectivity index (χ0) is 19.5. The van der Waals surface area contributed by atoms with E-state index in [0.29, 0.717) is 0 Å². The van der Waals surface area contributed by atoms with E-state index in [2.05, 4.69) is 34.1 Å². The highest BCUT2D eigenvalue weighted by Crippen LogP contribution is 2.39. The maximum absolute atomic E-state index is 9.73. The molecule has 28 heavy (non-hydrogen) atoms. The highest BCUT2D eigenvalue weighted by molar-refractivity contribution is 5.60. The molecule has 0 aliphatic carbocycles. The van der Waals surface area contributed by atoms with E-state index < -0.39 is 0 Å². The van der Waals surface area contributed by atoms with Crippen LogP contribution in [0.2, 0.25) is 0 Å². The van der Waals surface area contributed by atoms with Crippen molar-refractivity contribution in [3.8, 4) is 17.2 Å². The summed E-state index contributed by atoms with van der Waals surface area (Å²) in [5.41, 5.74) is 3.40. The maximum Gasteiger partial charge on any atom is 0.128 e. The van der Waals surface area contributed by atoms with Gasteiger partial charge in [-0.05, 0) is 66.2 Å². The average Bonchev–Trinajstić information content (AvgIpc) is 3.19. The summed E-state index contributed by atoms with van der Waals surface area (Å²) < 4.78 is 10.6. The zero-order valence-corrected chi connectivity index (χ0v) is 16.1. The Morgan fingerprint density at radius 3 is 1.50 bits per heavy atom. The maximum atomic E-state index is 9.73. The van der Waals surface area contributed by atoms with Gasteiger partial charge in [-0.25, -0.2) is 0 Å². The summed E-state index contributed by atoms with van der Waals surface area (Å²) >= 11 is 0. The van der Waals surface area contributed by atoms with Crippen LogP contribution >= 0.6 is 0 Å². The Morgan fingerprint density at radius 2 is 1.11 bits per heavy atom. The van der Waals surface area contributed by atoms with Crippen molar-refractivity contribution < 1.29 is 14.6 Å². The lowest BCUT2D eigenvalue weighted by atomic mass is 10.1. The lowest BCUT2D eigenvalue weighted by Crippen LogP contribution is -2.30. The van der Waals surface area contributed by atoms with Gasteiger partial charge >= 0.3 is 0 Å². The number of benzene rings is 3. The van der Waals surface area contributed by atoms with Gasteiger partial charge in [0.05, 0.1) is 14.2 Å². The molecular weight excluding hydrogens is 352 g/mol. The van der Waals surface area contributed by atoms with Crippen molar-refractivity contribution in [1.82, 2.24) is 0 Å². The summed E-state index contributed by atoms with van der Waals surface area (Å²) in [5.74, 6) is 1.96. The van der Waals surface area contributed by atoms with Gasteiger partial charge in [-0.15, -0.1) is 0 Å². The second-order valence-electron chi connectivity index (χ2n) is 6.75. The minimum Gasteiger partial charge on any atom is -0.508 e. The summed E-state index contributed by atoms with van der Waals surface area (Å²) in [6.07, 6.45) is 0.0300. The summed E-state index contributed by atoms with van der Waals surface area (Å²) in [5, 5.41) is 9.73. The smallest absolute Gasteiger partial charge is 0.128 e. The molecule has 0 atom stereocenters. The molecule has 0 saturated carbocycles. The number of hydrogen-bond acceptors (Lipinski definition) is 5. The minimum atomic E-state index is 0.0300. The Hall–Kier alpha value is -3.34. The van der Waals surface area contributed by atoms with Gasteiger partial charge in [0, 0.05) is 24.5 Å². The molecular formula is C23H24N2O3. The van der Waals surface area contributed by atoms with Crippen molar-refractivity contribution in [2.24, 2.45) is 0 Å². The molecule has 4 rings (SSSR count). The first-order chi connectivity index (χ1) is 13.7. The topological polar surface area (TPSA) is 45.2 Å². The number of methoxy groups -OCH3 is 2. The predicted octanol–water partition coefficient (Wildman–Crippen LogP) is 4.43. The largest absolute Gasteiger partial charge is 0.508 e. The molecule has 1 saturated heterocycles. The number of phenols is 1. The lowest BCUT2D eigenvalue weighted by Gasteiger charge is -2.33. The second-order valence-corrected chi connectivity index (χ2v) is 6.75. The third-order valence-electron chi connectivity index (χ3n) is 5.17. The summed E-state index contributed by atoms with van der Waals surface area (Å²) in [6, 6.07) is 23.7. The van der Waals surface area contributed by atoms with Gasteiger partial charge in [-0.1, -0.05) is 12.1 Å². The second kappa shape index (κ2) is 7.72. The fourth-order valence-corrected chi connectivity index (χ4v) is 3.72. The molecule has 0 radical (unpaired) electrons. The molecule has 0 bridgehead atoms. The van der Waals surface area contributed by atoms with Crippen LogP contribution in [0.1, 0.15) is 11.7 Å². The van der Waals surface area contributed by atoms with Gasteiger partial charge in [0.1, 0.15) is 23.4 Å². The highest BCUT2D eigenvalue weighted by Gasteiger charge is 2.33. The molecule has 0 spiro atoms. The lowest BCUT2D eigenvalue weighted by molar-refractivity contribution is 0.414. The number of anilines is 2. The Bertz CT molecular complexity index is 853. The van der Waals surface area contributed by atoms with E-state index in [-0.39, 0.29) is 11.9 Å². The van der Waals surface area contributed by atoms with Crippen molar-refractivity contribution in [3.63, 3.8) is 0 Å². The standard InChI is InChI=1S/C23H24N2O3/c1-27-21-11-5-18(6-12-21)24-15-16-25(19-7-13-22(28-2)14-8-19)23(24)17-3-9-20(26)10-4-17/h3-14,23,26H,15-16H2,1-2H3. The van der Waals surface area contributed by atoms with Crippen molar-refractivity contribution in [2.45, 2.75) is 6.17 Å². The summed E-state index contributed by atoms with van der Waals surface area (Å²) in [4.78, 5) is 4.74. The molecule has 0 amide bonds. The molecule has 5 heteroatoms. The van der Waals surface area contributed by atoms with Crippen LogP contribution < -0.4 is 19.3 Å². The van der Waals surface area contributed by atoms with Crippen molar-refractivity contribution >= 4 is 11.4 Å². The van der Waals surface area contributed by atoms with Gasteiger partial charge in [-0.2, -0.15) is 0 Å². The number of hydrogen-bond donors (Lipinski definition) is 1. The Morgan fingerprint density at radius 1 is 0.679 bits per heavy atom. The molecule has 1 heterocycles. The van der Waals surface area contributed by atoms with E-state index in [0.717, 1.165) is 41.5 Å². The van der Waals surface area contributed by atoms with Gasteiger partial charge in [0.25, 0.3) is 0 Å². The fourth-order valence-electron chi connectivity index (χ4n) is 3.72. The Kier molecular flexibility index (Phi) is 4.98. The van der Waals surface area contributed by atoms with Gasteiger partial charge in [0.2, 0.25) is 0 Å². The third-order valence-corrected chi connectivity index (χ3v) is 5.17. The number of phenolic OH excluding ortho intramolecular Hbond substituents is 1. The number of nitrogens with zero attached hydrogens (tertiary/aromatic N) is 2. The number of rotatable bonds is 5. The molecule has 144 valence electrons. The quantitative estimate of drug-likeness (QED) is 0.713. The molecule has 0 aromatic heterocycles. The molecule has 1 aliphatic rings. The van der Waals surface area contributed by atoms with Crippen LogP contribution in [0.5, 0.6) is 17.2 Å². The van der Waals surface area contributed by atoms with Gasteiger partial charge in [0.15, 0.2) is 0 Å². The zero-order valence-electron chi connectivity index (χ0n) is 16.1. The van der Waals surface area contributed by atoms with Gasteiger partial charge in [-0.3, -0.25) is 0 Å². The van der Waals surface area contributed by atoms with E-state index in [9.17, 15) is 5.11 Å². The van der Waals surface area contributed by atoms with Crippen LogP contribution in [0.4, 0.5) is 11.4 Å². The molecule has 3 aromatic carbocycles. The van der Waals surface area contributed by atoms with E-state index >= 15 is 0 Å². The van der Waals surface area contributed by atoms with Crippen LogP contribution in [0.15, 0.2) is 72.8 Å². The Balaban J connectivity index is 1.72. The van der Waals surface area contributed by atoms with E-state index in [1.165, 1.54) is 0 Å².